The lowest BCUT2D eigenvalue weighted by Crippen LogP contribution is -2.51. The molecule has 124 valence electrons. The first-order valence-electron chi connectivity index (χ1n) is 8.54. The molecule has 1 heterocycles. The maximum Gasteiger partial charge on any atom is 0.239 e. The zero-order chi connectivity index (χ0) is 16.0. The fraction of sp³-hybridized carbons (Fsp3) is 0.765. The molecule has 22 heavy (non-hydrogen) atoms. The molecule has 1 aromatic rings. The molecule has 0 bridgehead atoms. The molecule has 1 fully saturated rings. The third-order valence-electron chi connectivity index (χ3n) is 4.51. The molecule has 1 aromatic heterocycles. The lowest BCUT2D eigenvalue weighted by Gasteiger charge is -2.22. The van der Waals surface area contributed by atoms with Crippen LogP contribution in [0, 0.1) is 0 Å². The summed E-state index contributed by atoms with van der Waals surface area (Å²) in [6.07, 6.45) is 9.02. The number of hydrogen-bond acceptors (Lipinski definition) is 4. The first-order valence-corrected chi connectivity index (χ1v) is 9.42. The second-order valence-corrected chi connectivity index (χ2v) is 7.62. The van der Waals surface area contributed by atoms with Gasteiger partial charge < -0.3 is 11.1 Å². The van der Waals surface area contributed by atoms with Crippen LogP contribution in [-0.4, -0.2) is 23.0 Å². The van der Waals surface area contributed by atoms with Crippen molar-refractivity contribution in [1.82, 2.24) is 10.3 Å². The number of rotatable bonds is 7. The molecule has 1 aliphatic carbocycles. The smallest absolute Gasteiger partial charge is 0.239 e. The van der Waals surface area contributed by atoms with Crippen molar-refractivity contribution in [2.75, 3.05) is 6.54 Å². The Hall–Kier alpha value is -0.940. The minimum atomic E-state index is -0.759. The second kappa shape index (κ2) is 8.06. The Morgan fingerprint density at radius 1 is 1.45 bits per heavy atom. The quantitative estimate of drug-likeness (QED) is 0.808. The molecule has 1 unspecified atom stereocenters. The highest BCUT2D eigenvalue weighted by Crippen LogP contribution is 2.33. The Balaban J connectivity index is 1.77. The van der Waals surface area contributed by atoms with Crippen LogP contribution < -0.4 is 11.1 Å². The van der Waals surface area contributed by atoms with E-state index >= 15 is 0 Å². The largest absolute Gasteiger partial charge is 0.354 e. The van der Waals surface area contributed by atoms with E-state index in [1.165, 1.54) is 37.8 Å². The number of carbonyl (C=O) groups is 1. The van der Waals surface area contributed by atoms with Gasteiger partial charge >= 0.3 is 0 Å². The van der Waals surface area contributed by atoms with E-state index < -0.39 is 5.54 Å². The Bertz CT molecular complexity index is 478. The molecule has 3 N–H and O–H groups in total. The Kier molecular flexibility index (Phi) is 6.38. The van der Waals surface area contributed by atoms with Crippen LogP contribution in [0.1, 0.15) is 75.4 Å². The maximum absolute atomic E-state index is 12.0. The van der Waals surface area contributed by atoms with Gasteiger partial charge in [-0.15, -0.1) is 11.3 Å². The summed E-state index contributed by atoms with van der Waals surface area (Å²) < 4.78 is 0. The Morgan fingerprint density at radius 2 is 2.18 bits per heavy atom. The molecule has 4 nitrogen and oxygen atoms in total. The highest BCUT2D eigenvalue weighted by molar-refractivity contribution is 7.09. The van der Waals surface area contributed by atoms with E-state index in [1.54, 1.807) is 18.3 Å². The average Bonchev–Trinajstić information content (AvgIpc) is 2.97. The number of carbonyl (C=O) groups excluding carboxylic acids is 1. The van der Waals surface area contributed by atoms with Crippen LogP contribution in [0.25, 0.3) is 0 Å². The second-order valence-electron chi connectivity index (χ2n) is 6.67. The molecule has 5 heteroatoms. The van der Waals surface area contributed by atoms with Gasteiger partial charge in [0.05, 0.1) is 16.2 Å². The van der Waals surface area contributed by atoms with Gasteiger partial charge in [0.15, 0.2) is 0 Å². The molecule has 0 radical (unpaired) electrons. The van der Waals surface area contributed by atoms with Gasteiger partial charge in [-0.05, 0) is 26.2 Å². The lowest BCUT2D eigenvalue weighted by molar-refractivity contribution is -0.126. The molecule has 0 aliphatic heterocycles. The molecule has 1 atom stereocenters. The number of nitrogens with two attached hydrogens (primary N) is 1. The van der Waals surface area contributed by atoms with Gasteiger partial charge in [-0.2, -0.15) is 0 Å². The van der Waals surface area contributed by atoms with Gasteiger partial charge in [0, 0.05) is 24.3 Å². The van der Waals surface area contributed by atoms with E-state index in [9.17, 15) is 4.79 Å². The molecule has 1 amide bonds. The predicted octanol–water partition coefficient (Wildman–Crippen LogP) is 3.37. The highest BCUT2D eigenvalue weighted by Gasteiger charge is 2.26. The summed E-state index contributed by atoms with van der Waals surface area (Å²) in [5, 5.41) is 6.27. The molecular formula is C17H29N3OS. The predicted molar refractivity (Wildman–Crippen MR) is 92.2 cm³/mol. The molecule has 0 saturated heterocycles. The third kappa shape index (κ3) is 4.78. The fourth-order valence-corrected chi connectivity index (χ4v) is 4.02. The van der Waals surface area contributed by atoms with E-state index in [0.717, 1.165) is 17.8 Å². The lowest BCUT2D eigenvalue weighted by atomic mass is 9.87. The summed E-state index contributed by atoms with van der Waals surface area (Å²) in [5.41, 5.74) is 6.53. The van der Waals surface area contributed by atoms with Crippen LogP contribution >= 0.6 is 11.3 Å². The summed E-state index contributed by atoms with van der Waals surface area (Å²) in [4.78, 5) is 16.8. The summed E-state index contributed by atoms with van der Waals surface area (Å²) in [7, 11) is 0. The van der Waals surface area contributed by atoms with Crippen molar-refractivity contribution < 1.29 is 4.79 Å². The highest BCUT2D eigenvalue weighted by atomic mass is 32.1. The Morgan fingerprint density at radius 3 is 2.86 bits per heavy atom. The van der Waals surface area contributed by atoms with Crippen molar-refractivity contribution in [2.24, 2.45) is 5.73 Å². The van der Waals surface area contributed by atoms with Crippen LogP contribution in [-0.2, 0) is 11.2 Å². The van der Waals surface area contributed by atoms with E-state index in [-0.39, 0.29) is 5.91 Å². The van der Waals surface area contributed by atoms with Crippen LogP contribution in [0.2, 0.25) is 0 Å². The Labute approximate surface area is 137 Å². The maximum atomic E-state index is 12.0. The van der Waals surface area contributed by atoms with Gasteiger partial charge in [-0.1, -0.05) is 32.6 Å². The van der Waals surface area contributed by atoms with Crippen molar-refractivity contribution in [3.05, 3.63) is 16.1 Å². The van der Waals surface area contributed by atoms with Gasteiger partial charge in [0.2, 0.25) is 5.91 Å². The molecule has 1 saturated carbocycles. The van der Waals surface area contributed by atoms with Crippen LogP contribution in [0.3, 0.4) is 0 Å². The summed E-state index contributed by atoms with van der Waals surface area (Å²) in [6.45, 7) is 4.46. The normalized spacial score (nSPS) is 18.9. The number of thiazole rings is 1. The molecule has 1 aliphatic rings. The molecular weight excluding hydrogens is 294 g/mol. The first-order chi connectivity index (χ1) is 10.5. The molecule has 2 rings (SSSR count). The number of hydrogen-bond donors (Lipinski definition) is 2. The van der Waals surface area contributed by atoms with Crippen molar-refractivity contribution in [2.45, 2.75) is 76.7 Å². The number of aromatic nitrogens is 1. The van der Waals surface area contributed by atoms with E-state index in [1.807, 2.05) is 6.92 Å². The van der Waals surface area contributed by atoms with Crippen molar-refractivity contribution in [1.29, 1.82) is 0 Å². The van der Waals surface area contributed by atoms with Gasteiger partial charge in [0.1, 0.15) is 0 Å². The van der Waals surface area contributed by atoms with Crippen molar-refractivity contribution in [3.8, 4) is 0 Å². The first kappa shape index (κ1) is 17.4. The standard InChI is InChI=1S/C17H29N3OS/c1-3-10-17(2,18)16(21)19-11-9-15-20-14(12-22-15)13-7-5-4-6-8-13/h12-13H,3-11,18H2,1-2H3,(H,19,21). The zero-order valence-corrected chi connectivity index (χ0v) is 14.7. The number of nitrogens with zero attached hydrogens (tertiary/aromatic N) is 1. The fourth-order valence-electron chi connectivity index (χ4n) is 3.14. The zero-order valence-electron chi connectivity index (χ0n) is 13.9. The minimum Gasteiger partial charge on any atom is -0.354 e. The summed E-state index contributed by atoms with van der Waals surface area (Å²) >= 11 is 1.72. The van der Waals surface area contributed by atoms with E-state index in [4.69, 9.17) is 10.7 Å². The third-order valence-corrected chi connectivity index (χ3v) is 5.43. The van der Waals surface area contributed by atoms with Crippen molar-refractivity contribution >= 4 is 17.2 Å². The van der Waals surface area contributed by atoms with Crippen molar-refractivity contribution in [3.63, 3.8) is 0 Å². The van der Waals surface area contributed by atoms with E-state index in [2.05, 4.69) is 10.7 Å². The van der Waals surface area contributed by atoms with Gasteiger partial charge in [-0.25, -0.2) is 4.98 Å². The van der Waals surface area contributed by atoms with Gasteiger partial charge in [0.25, 0.3) is 0 Å². The number of amides is 1. The monoisotopic (exact) mass is 323 g/mol. The molecule has 0 spiro atoms. The summed E-state index contributed by atoms with van der Waals surface area (Å²) in [6, 6.07) is 0. The molecule has 0 aromatic carbocycles. The topological polar surface area (TPSA) is 68.0 Å². The average molecular weight is 324 g/mol. The minimum absolute atomic E-state index is 0.0570. The number of nitrogens with one attached hydrogen (secondary N) is 1. The SMILES string of the molecule is CCCC(C)(N)C(=O)NCCc1nc(C2CCCCC2)cs1. The summed E-state index contributed by atoms with van der Waals surface area (Å²) in [5.74, 6) is 0.601. The van der Waals surface area contributed by atoms with Crippen LogP contribution in [0.5, 0.6) is 0 Å². The van der Waals surface area contributed by atoms with Gasteiger partial charge in [-0.3, -0.25) is 4.79 Å². The van der Waals surface area contributed by atoms with Crippen LogP contribution in [0.15, 0.2) is 5.38 Å². The van der Waals surface area contributed by atoms with E-state index in [0.29, 0.717) is 18.9 Å². The van der Waals surface area contributed by atoms with Crippen LogP contribution in [0.4, 0.5) is 0 Å².